The van der Waals surface area contributed by atoms with Gasteiger partial charge in [-0.2, -0.15) is 0 Å². The molecule has 0 aromatic carbocycles. The van der Waals surface area contributed by atoms with Crippen LogP contribution in [-0.4, -0.2) is 27.8 Å². The summed E-state index contributed by atoms with van der Waals surface area (Å²) in [5.74, 6) is 0. The Labute approximate surface area is 66.8 Å². The Bertz CT molecular complexity index is 88.1. The molecule has 2 nitrogen and oxygen atoms in total. The molecule has 0 spiro atoms. The molecule has 1 atom stereocenters. The highest BCUT2D eigenvalue weighted by molar-refractivity contribution is 6.21. The summed E-state index contributed by atoms with van der Waals surface area (Å²) in [7, 11) is 0. The molecule has 0 amide bonds. The van der Waals surface area contributed by atoms with Crippen LogP contribution < -0.4 is 0 Å². The van der Waals surface area contributed by atoms with Crippen molar-refractivity contribution in [3.63, 3.8) is 0 Å². The quantitative estimate of drug-likeness (QED) is 0.615. The fourth-order valence-corrected chi connectivity index (χ4v) is 0.778. The van der Waals surface area contributed by atoms with Crippen molar-refractivity contribution in [1.82, 2.24) is 0 Å². The van der Waals surface area contributed by atoms with Crippen LogP contribution in [0.2, 0.25) is 0 Å². The monoisotopic (exact) mass is 166 g/mol. The maximum atomic E-state index is 9.30. The molecule has 0 aromatic heterocycles. The maximum Gasteiger partial charge on any atom is 0.0754 e. The molecule has 0 fully saturated rings. The maximum absolute atomic E-state index is 9.30. The third-order valence-corrected chi connectivity index (χ3v) is 2.13. The van der Waals surface area contributed by atoms with Crippen LogP contribution in [0.5, 0.6) is 0 Å². The number of hydrogen-bond acceptors (Lipinski definition) is 2. The van der Waals surface area contributed by atoms with Crippen LogP contribution in [0.1, 0.15) is 26.7 Å². The molecular formula is C7H15ClO2. The molecule has 0 heterocycles. The Hall–Kier alpha value is 0.210. The van der Waals surface area contributed by atoms with Gasteiger partial charge in [-0.1, -0.05) is 0 Å². The van der Waals surface area contributed by atoms with Crippen LogP contribution in [0.15, 0.2) is 0 Å². The highest BCUT2D eigenvalue weighted by Gasteiger charge is 2.23. The number of hydrogen-bond donors (Lipinski definition) is 2. The van der Waals surface area contributed by atoms with Crippen LogP contribution in [-0.2, 0) is 0 Å². The van der Waals surface area contributed by atoms with Gasteiger partial charge in [0.05, 0.1) is 11.0 Å². The molecule has 0 radical (unpaired) electrons. The number of rotatable bonds is 4. The molecule has 10 heavy (non-hydrogen) atoms. The summed E-state index contributed by atoms with van der Waals surface area (Å²) in [6.45, 7) is 3.48. The topological polar surface area (TPSA) is 40.5 Å². The van der Waals surface area contributed by atoms with Crippen molar-refractivity contribution < 1.29 is 10.2 Å². The van der Waals surface area contributed by atoms with Gasteiger partial charge < -0.3 is 10.2 Å². The summed E-state index contributed by atoms with van der Waals surface area (Å²) < 4.78 is 0. The van der Waals surface area contributed by atoms with E-state index in [1.165, 1.54) is 0 Å². The van der Waals surface area contributed by atoms with Crippen molar-refractivity contribution >= 4 is 11.6 Å². The Morgan fingerprint density at radius 2 is 2.00 bits per heavy atom. The summed E-state index contributed by atoms with van der Waals surface area (Å²) in [6, 6.07) is 0. The van der Waals surface area contributed by atoms with Crippen molar-refractivity contribution in [2.75, 3.05) is 6.61 Å². The molecule has 0 aliphatic heterocycles. The minimum Gasteiger partial charge on any atom is -0.396 e. The zero-order chi connectivity index (χ0) is 8.20. The lowest BCUT2D eigenvalue weighted by atomic mass is 10.0. The van der Waals surface area contributed by atoms with E-state index in [4.69, 9.17) is 16.7 Å². The van der Waals surface area contributed by atoms with Crippen LogP contribution in [0.4, 0.5) is 0 Å². The smallest absolute Gasteiger partial charge is 0.0754 e. The van der Waals surface area contributed by atoms with E-state index in [2.05, 4.69) is 0 Å². The highest BCUT2D eigenvalue weighted by atomic mass is 35.5. The molecule has 0 rings (SSSR count). The zero-order valence-corrected chi connectivity index (χ0v) is 7.23. The first kappa shape index (κ1) is 10.2. The average molecular weight is 167 g/mol. The Morgan fingerprint density at radius 3 is 2.30 bits per heavy atom. The predicted molar refractivity (Wildman–Crippen MR) is 42.3 cm³/mol. The molecule has 3 heteroatoms. The van der Waals surface area contributed by atoms with Crippen LogP contribution in [0.25, 0.3) is 0 Å². The van der Waals surface area contributed by atoms with Gasteiger partial charge >= 0.3 is 0 Å². The van der Waals surface area contributed by atoms with E-state index in [0.29, 0.717) is 12.8 Å². The van der Waals surface area contributed by atoms with E-state index in [-0.39, 0.29) is 12.0 Å². The standard InChI is InChI=1S/C7H15ClO2/c1-7(2,10)6(8)4-3-5-9/h6,9-10H,3-5H2,1-2H3. The van der Waals surface area contributed by atoms with Gasteiger partial charge in [0.25, 0.3) is 0 Å². The Kier molecular flexibility index (Phi) is 4.25. The lowest BCUT2D eigenvalue weighted by Gasteiger charge is -2.23. The van der Waals surface area contributed by atoms with Crippen molar-refractivity contribution in [2.24, 2.45) is 0 Å². The first-order valence-electron chi connectivity index (χ1n) is 3.45. The lowest BCUT2D eigenvalue weighted by Crippen LogP contribution is -2.31. The first-order chi connectivity index (χ1) is 4.48. The second kappa shape index (κ2) is 4.16. The summed E-state index contributed by atoms with van der Waals surface area (Å²) in [4.78, 5) is 0. The van der Waals surface area contributed by atoms with E-state index < -0.39 is 5.60 Å². The summed E-state index contributed by atoms with van der Waals surface area (Å²) in [5, 5.41) is 17.5. The van der Waals surface area contributed by atoms with E-state index in [0.717, 1.165) is 0 Å². The summed E-state index contributed by atoms with van der Waals surface area (Å²) >= 11 is 5.77. The fraction of sp³-hybridized carbons (Fsp3) is 1.00. The van der Waals surface area contributed by atoms with Crippen LogP contribution >= 0.6 is 11.6 Å². The first-order valence-corrected chi connectivity index (χ1v) is 3.89. The van der Waals surface area contributed by atoms with Gasteiger partial charge in [0.1, 0.15) is 0 Å². The second-order valence-electron chi connectivity index (χ2n) is 2.99. The number of aliphatic hydroxyl groups is 2. The number of alkyl halides is 1. The molecule has 0 aromatic rings. The molecule has 0 aliphatic carbocycles. The molecular weight excluding hydrogens is 152 g/mol. The fourth-order valence-electron chi connectivity index (χ4n) is 0.624. The molecule has 1 unspecified atom stereocenters. The third-order valence-electron chi connectivity index (χ3n) is 1.38. The molecule has 0 aliphatic rings. The summed E-state index contributed by atoms with van der Waals surface area (Å²) in [5.41, 5.74) is -0.837. The van der Waals surface area contributed by atoms with Gasteiger partial charge in [-0.3, -0.25) is 0 Å². The van der Waals surface area contributed by atoms with Gasteiger partial charge in [0, 0.05) is 6.61 Å². The van der Waals surface area contributed by atoms with E-state index >= 15 is 0 Å². The largest absolute Gasteiger partial charge is 0.396 e. The van der Waals surface area contributed by atoms with Gasteiger partial charge in [0.15, 0.2) is 0 Å². The molecule has 0 saturated heterocycles. The predicted octanol–water partition coefficient (Wildman–Crippen LogP) is 1.14. The van der Waals surface area contributed by atoms with Crippen molar-refractivity contribution in [1.29, 1.82) is 0 Å². The van der Waals surface area contributed by atoms with E-state index in [1.807, 2.05) is 0 Å². The van der Waals surface area contributed by atoms with E-state index in [1.54, 1.807) is 13.8 Å². The van der Waals surface area contributed by atoms with Gasteiger partial charge in [-0.05, 0) is 26.7 Å². The van der Waals surface area contributed by atoms with Gasteiger partial charge in [-0.25, -0.2) is 0 Å². The minimum absolute atomic E-state index is 0.138. The average Bonchev–Trinajstić information content (AvgIpc) is 1.80. The molecule has 0 saturated carbocycles. The Morgan fingerprint density at radius 1 is 1.50 bits per heavy atom. The lowest BCUT2D eigenvalue weighted by molar-refractivity contribution is 0.0708. The molecule has 0 bridgehead atoms. The van der Waals surface area contributed by atoms with E-state index in [9.17, 15) is 5.11 Å². The van der Waals surface area contributed by atoms with Crippen LogP contribution in [0, 0.1) is 0 Å². The number of aliphatic hydroxyl groups excluding tert-OH is 1. The third kappa shape index (κ3) is 4.09. The second-order valence-corrected chi connectivity index (χ2v) is 3.51. The molecule has 62 valence electrons. The van der Waals surface area contributed by atoms with Gasteiger partial charge in [-0.15, -0.1) is 11.6 Å². The Balaban J connectivity index is 3.52. The SMILES string of the molecule is CC(C)(O)C(Cl)CCCO. The summed E-state index contributed by atoms with van der Waals surface area (Å²) in [6.07, 6.45) is 1.31. The van der Waals surface area contributed by atoms with Gasteiger partial charge in [0.2, 0.25) is 0 Å². The van der Waals surface area contributed by atoms with Crippen molar-refractivity contribution in [3.05, 3.63) is 0 Å². The normalized spacial score (nSPS) is 15.3. The zero-order valence-electron chi connectivity index (χ0n) is 6.47. The van der Waals surface area contributed by atoms with Crippen LogP contribution in [0.3, 0.4) is 0 Å². The van der Waals surface area contributed by atoms with Crippen molar-refractivity contribution in [2.45, 2.75) is 37.7 Å². The minimum atomic E-state index is -0.837. The highest BCUT2D eigenvalue weighted by Crippen LogP contribution is 2.19. The number of halogens is 1. The van der Waals surface area contributed by atoms with Crippen molar-refractivity contribution in [3.8, 4) is 0 Å². The molecule has 2 N–H and O–H groups in total.